The summed E-state index contributed by atoms with van der Waals surface area (Å²) in [7, 11) is 0. The molecule has 0 unspecified atom stereocenters. The van der Waals surface area contributed by atoms with Crippen molar-refractivity contribution in [1.82, 2.24) is 5.16 Å². The highest BCUT2D eigenvalue weighted by Gasteiger charge is 2.52. The number of nitrogens with zero attached hydrogens (tertiary/aromatic N) is 1. The molecular formula is C9H10Cl2N2O3. The second-order valence-corrected chi connectivity index (χ2v) is 5.31. The first kappa shape index (κ1) is 11.5. The van der Waals surface area contributed by atoms with Crippen LogP contribution in [-0.4, -0.2) is 22.1 Å². The van der Waals surface area contributed by atoms with Crippen LogP contribution < -0.4 is 5.73 Å². The Morgan fingerprint density at radius 3 is 2.81 bits per heavy atom. The number of nitrogen functional groups attached to an aromatic ring is 1. The lowest BCUT2D eigenvalue weighted by Crippen LogP contribution is -2.11. The first-order valence-corrected chi connectivity index (χ1v) is 5.44. The van der Waals surface area contributed by atoms with Crippen LogP contribution in [0.1, 0.15) is 22.5 Å². The maximum atomic E-state index is 11.6. The number of carbonyl (C=O) groups is 1. The van der Waals surface area contributed by atoms with E-state index in [1.807, 2.05) is 0 Å². The number of alkyl halides is 2. The van der Waals surface area contributed by atoms with Crippen molar-refractivity contribution < 1.29 is 14.1 Å². The van der Waals surface area contributed by atoms with Crippen molar-refractivity contribution in [2.45, 2.75) is 17.7 Å². The second-order valence-electron chi connectivity index (χ2n) is 3.77. The van der Waals surface area contributed by atoms with Gasteiger partial charge in [-0.2, -0.15) is 0 Å². The molecule has 16 heavy (non-hydrogen) atoms. The third kappa shape index (κ3) is 2.10. The summed E-state index contributed by atoms with van der Waals surface area (Å²) in [6.07, 6.45) is 0.626. The molecular weight excluding hydrogens is 255 g/mol. The molecule has 1 aromatic rings. The highest BCUT2D eigenvalue weighted by Crippen LogP contribution is 2.53. The number of halogens is 2. The second kappa shape index (κ2) is 3.82. The predicted molar refractivity (Wildman–Crippen MR) is 58.5 cm³/mol. The molecule has 0 saturated heterocycles. The summed E-state index contributed by atoms with van der Waals surface area (Å²) in [5, 5.41) is 3.56. The third-order valence-corrected chi connectivity index (χ3v) is 3.39. The maximum Gasteiger partial charge on any atom is 0.345 e. The normalized spacial score (nSPS) is 21.8. The molecule has 2 N–H and O–H groups in total. The van der Waals surface area contributed by atoms with E-state index >= 15 is 0 Å². The van der Waals surface area contributed by atoms with E-state index in [0.717, 1.165) is 0 Å². The van der Waals surface area contributed by atoms with Gasteiger partial charge < -0.3 is 15.0 Å². The number of rotatable bonds is 3. The first-order valence-electron chi connectivity index (χ1n) is 4.68. The molecule has 0 aliphatic heterocycles. The number of ether oxygens (including phenoxy) is 1. The molecule has 0 spiro atoms. The van der Waals surface area contributed by atoms with Crippen LogP contribution in [0.15, 0.2) is 4.52 Å². The number of hydrogen-bond acceptors (Lipinski definition) is 5. The van der Waals surface area contributed by atoms with Crippen molar-refractivity contribution in [3.8, 4) is 0 Å². The first-order chi connectivity index (χ1) is 7.42. The van der Waals surface area contributed by atoms with Gasteiger partial charge in [-0.1, -0.05) is 5.16 Å². The van der Waals surface area contributed by atoms with Crippen LogP contribution in [0.5, 0.6) is 0 Å². The summed E-state index contributed by atoms with van der Waals surface area (Å²) in [4.78, 5) is 11.6. The fourth-order valence-corrected chi connectivity index (χ4v) is 1.83. The average molecular weight is 265 g/mol. The Morgan fingerprint density at radius 2 is 2.38 bits per heavy atom. The molecule has 1 aliphatic rings. The highest BCUT2D eigenvalue weighted by atomic mass is 35.5. The van der Waals surface area contributed by atoms with Crippen molar-refractivity contribution in [2.75, 3.05) is 12.3 Å². The Kier molecular flexibility index (Phi) is 2.75. The molecule has 1 fully saturated rings. The van der Waals surface area contributed by atoms with Gasteiger partial charge >= 0.3 is 5.97 Å². The van der Waals surface area contributed by atoms with Gasteiger partial charge in [0.15, 0.2) is 0 Å². The molecule has 1 aliphatic carbocycles. The molecule has 1 aromatic heterocycles. The molecule has 1 heterocycles. The standard InChI is InChI=1S/C9H10Cl2N2O3/c1-4-6(7(12)16-13-4)8(14)15-3-5-2-9(5,10)11/h5H,2-3,12H2,1H3/t5-/m1/s1. The van der Waals surface area contributed by atoms with Crippen molar-refractivity contribution in [2.24, 2.45) is 5.92 Å². The Hall–Kier alpha value is -0.940. The summed E-state index contributed by atoms with van der Waals surface area (Å²) in [6.45, 7) is 1.79. The van der Waals surface area contributed by atoms with Gasteiger partial charge in [-0.05, 0) is 13.3 Å². The topological polar surface area (TPSA) is 78.4 Å². The van der Waals surface area contributed by atoms with Gasteiger partial charge in [-0.25, -0.2) is 4.79 Å². The van der Waals surface area contributed by atoms with Gasteiger partial charge in [0.25, 0.3) is 0 Å². The third-order valence-electron chi connectivity index (χ3n) is 2.46. The molecule has 5 nitrogen and oxygen atoms in total. The minimum atomic E-state index is -0.754. The Morgan fingerprint density at radius 1 is 1.75 bits per heavy atom. The molecule has 0 radical (unpaired) electrons. The van der Waals surface area contributed by atoms with E-state index in [0.29, 0.717) is 12.1 Å². The van der Waals surface area contributed by atoms with E-state index in [2.05, 4.69) is 9.68 Å². The van der Waals surface area contributed by atoms with Gasteiger partial charge in [-0.15, -0.1) is 23.2 Å². The lowest BCUT2D eigenvalue weighted by molar-refractivity contribution is 0.0485. The van der Waals surface area contributed by atoms with E-state index in [4.69, 9.17) is 33.7 Å². The zero-order valence-corrected chi connectivity index (χ0v) is 10.0. The molecule has 0 aromatic carbocycles. The van der Waals surface area contributed by atoms with Crippen molar-refractivity contribution in [3.05, 3.63) is 11.3 Å². The summed E-state index contributed by atoms with van der Waals surface area (Å²) in [6, 6.07) is 0. The zero-order chi connectivity index (χ0) is 11.9. The number of aromatic nitrogens is 1. The van der Waals surface area contributed by atoms with E-state index in [1.165, 1.54) is 0 Å². The monoisotopic (exact) mass is 264 g/mol. The van der Waals surface area contributed by atoms with Crippen molar-refractivity contribution >= 4 is 35.1 Å². The minimum absolute atomic E-state index is 0.0128. The van der Waals surface area contributed by atoms with Crippen LogP contribution >= 0.6 is 23.2 Å². The molecule has 1 atom stereocenters. The SMILES string of the molecule is Cc1noc(N)c1C(=O)OC[C@H]1CC1(Cl)Cl. The lowest BCUT2D eigenvalue weighted by atomic mass is 10.2. The Labute approximate surface area is 102 Å². The number of nitrogens with two attached hydrogens (primary N) is 1. The molecule has 2 rings (SSSR count). The van der Waals surface area contributed by atoms with Gasteiger partial charge in [0.2, 0.25) is 5.88 Å². The van der Waals surface area contributed by atoms with E-state index in [9.17, 15) is 4.79 Å². The highest BCUT2D eigenvalue weighted by molar-refractivity contribution is 6.50. The fourth-order valence-electron chi connectivity index (χ4n) is 1.33. The molecule has 88 valence electrons. The average Bonchev–Trinajstić information content (AvgIpc) is 2.66. The van der Waals surface area contributed by atoms with Gasteiger partial charge in [0.05, 0.1) is 12.3 Å². The quantitative estimate of drug-likeness (QED) is 0.667. The maximum absolute atomic E-state index is 11.6. The van der Waals surface area contributed by atoms with Crippen LogP contribution in [0, 0.1) is 12.8 Å². The van der Waals surface area contributed by atoms with Crippen LogP contribution in [0.2, 0.25) is 0 Å². The minimum Gasteiger partial charge on any atom is -0.461 e. The molecule has 0 bridgehead atoms. The molecule has 0 amide bonds. The summed E-state index contributed by atoms with van der Waals surface area (Å²) < 4.78 is 8.92. The number of carbonyl (C=O) groups excluding carboxylic acids is 1. The number of anilines is 1. The predicted octanol–water partition coefficient (Wildman–Crippen LogP) is 1.92. The fraction of sp³-hybridized carbons (Fsp3) is 0.556. The van der Waals surface area contributed by atoms with E-state index < -0.39 is 10.3 Å². The van der Waals surface area contributed by atoms with Gasteiger partial charge in [0, 0.05) is 5.92 Å². The Bertz CT molecular complexity index is 411. The van der Waals surface area contributed by atoms with Crippen LogP contribution in [0.4, 0.5) is 5.88 Å². The Balaban J connectivity index is 1.94. The summed E-state index contributed by atoms with van der Waals surface area (Å²) in [5.74, 6) is -0.616. The van der Waals surface area contributed by atoms with E-state index in [1.54, 1.807) is 6.92 Å². The van der Waals surface area contributed by atoms with Crippen LogP contribution in [-0.2, 0) is 4.74 Å². The zero-order valence-electron chi connectivity index (χ0n) is 8.50. The number of aryl methyl sites for hydroxylation is 1. The van der Waals surface area contributed by atoms with Gasteiger partial charge in [-0.3, -0.25) is 0 Å². The van der Waals surface area contributed by atoms with E-state index in [-0.39, 0.29) is 24.0 Å². The van der Waals surface area contributed by atoms with Crippen LogP contribution in [0.3, 0.4) is 0 Å². The lowest BCUT2D eigenvalue weighted by Gasteiger charge is -2.03. The summed E-state index contributed by atoms with van der Waals surface area (Å²) >= 11 is 11.6. The van der Waals surface area contributed by atoms with Crippen molar-refractivity contribution in [1.29, 1.82) is 0 Å². The smallest absolute Gasteiger partial charge is 0.345 e. The molecule has 1 saturated carbocycles. The van der Waals surface area contributed by atoms with Crippen molar-refractivity contribution in [3.63, 3.8) is 0 Å². The largest absolute Gasteiger partial charge is 0.461 e. The summed E-state index contributed by atoms with van der Waals surface area (Å²) in [5.41, 5.74) is 6.00. The van der Waals surface area contributed by atoms with Crippen LogP contribution in [0.25, 0.3) is 0 Å². The molecule has 7 heteroatoms. The number of hydrogen-bond donors (Lipinski definition) is 1. The van der Waals surface area contributed by atoms with Gasteiger partial charge in [0.1, 0.15) is 9.90 Å². The number of esters is 1.